The van der Waals surface area contributed by atoms with Gasteiger partial charge in [0.25, 0.3) is 0 Å². The van der Waals surface area contributed by atoms with Gasteiger partial charge in [-0.1, -0.05) is 16.8 Å². The largest absolute Gasteiger partial charge is 0.504 e. The van der Waals surface area contributed by atoms with E-state index < -0.39 is 0 Å². The van der Waals surface area contributed by atoms with Crippen molar-refractivity contribution >= 4 is 17.5 Å². The summed E-state index contributed by atoms with van der Waals surface area (Å²) in [6.07, 6.45) is 0. The van der Waals surface area contributed by atoms with Crippen LogP contribution in [-0.4, -0.2) is 15.4 Å². The number of nitrogens with two attached hydrogens (primary N) is 1. The van der Waals surface area contributed by atoms with Crippen LogP contribution in [0.5, 0.6) is 11.5 Å². The van der Waals surface area contributed by atoms with Gasteiger partial charge in [0, 0.05) is 6.07 Å². The van der Waals surface area contributed by atoms with E-state index >= 15 is 0 Å². The Hall–Kier alpha value is -1.88. The third kappa shape index (κ3) is 1.57. The Labute approximate surface area is 89.7 Å². The standard InChI is InChI=1S/C9H7ClN2O3/c10-4-1-2-6(13)9(14)8(4)5-3-7(11)15-12-5/h1-3,13-14H,11H2. The molecule has 0 aliphatic carbocycles. The number of hydrogen-bond donors (Lipinski definition) is 3. The minimum Gasteiger partial charge on any atom is -0.504 e. The van der Waals surface area contributed by atoms with Crippen molar-refractivity contribution in [2.45, 2.75) is 0 Å². The molecule has 0 aliphatic rings. The van der Waals surface area contributed by atoms with E-state index in [0.717, 1.165) is 0 Å². The SMILES string of the molecule is Nc1cc(-c2c(Cl)ccc(O)c2O)no1. The molecule has 0 aliphatic heterocycles. The first-order valence-electron chi connectivity index (χ1n) is 4.02. The van der Waals surface area contributed by atoms with Crippen LogP contribution in [0.4, 0.5) is 5.88 Å². The molecule has 5 nitrogen and oxygen atoms in total. The van der Waals surface area contributed by atoms with Crippen LogP contribution in [0.2, 0.25) is 5.02 Å². The number of phenolic OH excluding ortho intramolecular Hbond substituents is 2. The van der Waals surface area contributed by atoms with Gasteiger partial charge in [0.15, 0.2) is 11.5 Å². The van der Waals surface area contributed by atoms with Crippen molar-refractivity contribution in [1.82, 2.24) is 5.16 Å². The second kappa shape index (κ2) is 3.36. The molecular formula is C9H7ClN2O3. The Bertz CT molecular complexity index is 510. The molecule has 0 radical (unpaired) electrons. The molecule has 0 fully saturated rings. The summed E-state index contributed by atoms with van der Waals surface area (Å²) in [5, 5.41) is 22.7. The molecule has 2 aromatic rings. The molecule has 2 rings (SSSR count). The second-order valence-electron chi connectivity index (χ2n) is 2.90. The van der Waals surface area contributed by atoms with Gasteiger partial charge in [-0.05, 0) is 12.1 Å². The highest BCUT2D eigenvalue weighted by molar-refractivity contribution is 6.33. The van der Waals surface area contributed by atoms with E-state index in [9.17, 15) is 10.2 Å². The van der Waals surface area contributed by atoms with Crippen LogP contribution >= 0.6 is 11.6 Å². The van der Waals surface area contributed by atoms with E-state index in [2.05, 4.69) is 9.68 Å². The first-order valence-corrected chi connectivity index (χ1v) is 4.40. The summed E-state index contributed by atoms with van der Waals surface area (Å²) in [7, 11) is 0. The zero-order chi connectivity index (χ0) is 11.0. The summed E-state index contributed by atoms with van der Waals surface area (Å²) in [6.45, 7) is 0. The topological polar surface area (TPSA) is 92.5 Å². The van der Waals surface area contributed by atoms with E-state index in [1.54, 1.807) is 0 Å². The first-order chi connectivity index (χ1) is 7.09. The van der Waals surface area contributed by atoms with Gasteiger partial charge in [0.05, 0.1) is 10.6 Å². The molecular weight excluding hydrogens is 220 g/mol. The molecule has 0 saturated heterocycles. The third-order valence-corrected chi connectivity index (χ3v) is 2.21. The average molecular weight is 227 g/mol. The van der Waals surface area contributed by atoms with E-state index in [4.69, 9.17) is 17.3 Å². The highest BCUT2D eigenvalue weighted by atomic mass is 35.5. The van der Waals surface area contributed by atoms with Crippen LogP contribution in [0.1, 0.15) is 0 Å². The second-order valence-corrected chi connectivity index (χ2v) is 3.31. The zero-order valence-electron chi connectivity index (χ0n) is 7.44. The fraction of sp³-hybridized carbons (Fsp3) is 0. The van der Waals surface area contributed by atoms with E-state index in [1.165, 1.54) is 18.2 Å². The van der Waals surface area contributed by atoms with Gasteiger partial charge < -0.3 is 20.5 Å². The van der Waals surface area contributed by atoms with Gasteiger partial charge in [-0.3, -0.25) is 0 Å². The molecule has 4 N–H and O–H groups in total. The van der Waals surface area contributed by atoms with Gasteiger partial charge in [-0.15, -0.1) is 0 Å². The monoisotopic (exact) mass is 226 g/mol. The lowest BCUT2D eigenvalue weighted by molar-refractivity contribution is 0.404. The number of phenols is 2. The summed E-state index contributed by atoms with van der Waals surface area (Å²) in [5.41, 5.74) is 5.80. The van der Waals surface area contributed by atoms with Crippen LogP contribution in [0.25, 0.3) is 11.3 Å². The highest BCUT2D eigenvalue weighted by Gasteiger charge is 2.16. The van der Waals surface area contributed by atoms with Crippen LogP contribution in [0, 0.1) is 0 Å². The minimum atomic E-state index is -0.351. The predicted molar refractivity (Wildman–Crippen MR) is 54.7 cm³/mol. The van der Waals surface area contributed by atoms with Gasteiger partial charge in [0.1, 0.15) is 5.69 Å². The van der Waals surface area contributed by atoms with Crippen molar-refractivity contribution in [2.24, 2.45) is 0 Å². The van der Waals surface area contributed by atoms with Crippen molar-refractivity contribution in [3.05, 3.63) is 23.2 Å². The van der Waals surface area contributed by atoms with Crippen molar-refractivity contribution in [3.63, 3.8) is 0 Å². The number of halogens is 1. The summed E-state index contributed by atoms with van der Waals surface area (Å²) < 4.78 is 4.65. The Morgan fingerprint density at radius 3 is 2.67 bits per heavy atom. The zero-order valence-corrected chi connectivity index (χ0v) is 8.19. The third-order valence-electron chi connectivity index (χ3n) is 1.89. The molecule has 0 spiro atoms. The lowest BCUT2D eigenvalue weighted by Crippen LogP contribution is -1.82. The molecule has 0 atom stereocenters. The molecule has 6 heteroatoms. The number of nitrogen functional groups attached to an aromatic ring is 1. The molecule has 0 saturated carbocycles. The Kier molecular flexibility index (Phi) is 2.17. The number of hydrogen-bond acceptors (Lipinski definition) is 5. The van der Waals surface area contributed by atoms with Crippen molar-refractivity contribution in [3.8, 4) is 22.8 Å². The van der Waals surface area contributed by atoms with Crippen molar-refractivity contribution < 1.29 is 14.7 Å². The molecule has 0 unspecified atom stereocenters. The number of nitrogens with zero attached hydrogens (tertiary/aromatic N) is 1. The Morgan fingerprint density at radius 2 is 2.07 bits per heavy atom. The van der Waals surface area contributed by atoms with Crippen molar-refractivity contribution in [2.75, 3.05) is 5.73 Å². The maximum Gasteiger partial charge on any atom is 0.222 e. The van der Waals surface area contributed by atoms with E-state index in [-0.39, 0.29) is 33.7 Å². The van der Waals surface area contributed by atoms with Gasteiger partial charge in [-0.25, -0.2) is 0 Å². The van der Waals surface area contributed by atoms with E-state index in [1.807, 2.05) is 0 Å². The van der Waals surface area contributed by atoms with Crippen LogP contribution in [-0.2, 0) is 0 Å². The molecule has 15 heavy (non-hydrogen) atoms. The number of benzene rings is 1. The molecule has 1 aromatic heterocycles. The maximum absolute atomic E-state index is 9.58. The summed E-state index contributed by atoms with van der Waals surface area (Å²) in [5.74, 6) is -0.532. The highest BCUT2D eigenvalue weighted by Crippen LogP contribution is 2.41. The van der Waals surface area contributed by atoms with Crippen LogP contribution < -0.4 is 5.73 Å². The molecule has 78 valence electrons. The molecule has 0 bridgehead atoms. The predicted octanol–water partition coefficient (Wildman–Crippen LogP) is 1.99. The maximum atomic E-state index is 9.58. The lowest BCUT2D eigenvalue weighted by Gasteiger charge is -2.04. The molecule has 1 aromatic carbocycles. The van der Waals surface area contributed by atoms with Gasteiger partial charge >= 0.3 is 0 Å². The van der Waals surface area contributed by atoms with Crippen molar-refractivity contribution in [1.29, 1.82) is 0 Å². The van der Waals surface area contributed by atoms with Crippen LogP contribution in [0.15, 0.2) is 22.7 Å². The van der Waals surface area contributed by atoms with Crippen LogP contribution in [0.3, 0.4) is 0 Å². The summed E-state index contributed by atoms with van der Waals surface area (Å²) >= 11 is 5.85. The first kappa shape index (κ1) is 9.67. The Balaban J connectivity index is 2.66. The van der Waals surface area contributed by atoms with E-state index in [0.29, 0.717) is 0 Å². The molecule has 0 amide bonds. The number of aromatic nitrogens is 1. The number of aromatic hydroxyl groups is 2. The minimum absolute atomic E-state index is 0.101. The average Bonchev–Trinajstić information content (AvgIpc) is 2.59. The number of rotatable bonds is 1. The molecule has 1 heterocycles. The number of anilines is 1. The summed E-state index contributed by atoms with van der Waals surface area (Å²) in [6, 6.07) is 4.13. The lowest BCUT2D eigenvalue weighted by atomic mass is 10.1. The van der Waals surface area contributed by atoms with Gasteiger partial charge in [-0.2, -0.15) is 0 Å². The normalized spacial score (nSPS) is 10.5. The fourth-order valence-electron chi connectivity index (χ4n) is 1.21. The quantitative estimate of drug-likeness (QED) is 0.647. The smallest absolute Gasteiger partial charge is 0.222 e. The fourth-order valence-corrected chi connectivity index (χ4v) is 1.46. The summed E-state index contributed by atoms with van der Waals surface area (Å²) in [4.78, 5) is 0. The van der Waals surface area contributed by atoms with Gasteiger partial charge in [0.2, 0.25) is 5.88 Å². The Morgan fingerprint density at radius 1 is 1.33 bits per heavy atom.